The maximum Gasteiger partial charge on any atom is 0.123 e. The first-order valence-electron chi connectivity index (χ1n) is 10.8. The summed E-state index contributed by atoms with van der Waals surface area (Å²) in [5.41, 5.74) is 6.59. The van der Waals surface area contributed by atoms with E-state index in [2.05, 4.69) is 43.0 Å². The SMILES string of the molecule is CC1CCCN(Cc2cc(C3CC3)c(-c3ccc(F)cc3)cc2N(C)C)CC1. The summed E-state index contributed by atoms with van der Waals surface area (Å²) >= 11 is 0. The van der Waals surface area contributed by atoms with Gasteiger partial charge in [-0.05, 0) is 97.5 Å². The molecule has 2 aromatic rings. The number of halogens is 1. The van der Waals surface area contributed by atoms with Crippen LogP contribution in [0.2, 0.25) is 0 Å². The smallest absolute Gasteiger partial charge is 0.123 e. The van der Waals surface area contributed by atoms with Gasteiger partial charge in [0.2, 0.25) is 0 Å². The summed E-state index contributed by atoms with van der Waals surface area (Å²) in [5.74, 6) is 1.34. The largest absolute Gasteiger partial charge is 0.377 e. The minimum atomic E-state index is -0.170. The van der Waals surface area contributed by atoms with Gasteiger partial charge < -0.3 is 4.90 Å². The number of hydrogen-bond donors (Lipinski definition) is 0. The quantitative estimate of drug-likeness (QED) is 0.622. The third kappa shape index (κ3) is 4.41. The van der Waals surface area contributed by atoms with Crippen LogP contribution in [0.1, 0.15) is 56.1 Å². The van der Waals surface area contributed by atoms with E-state index in [1.165, 1.54) is 67.6 Å². The fraction of sp³-hybridized carbons (Fsp3) is 0.520. The molecule has 1 aliphatic heterocycles. The van der Waals surface area contributed by atoms with Gasteiger partial charge in [-0.25, -0.2) is 4.39 Å². The molecule has 3 heteroatoms. The molecule has 4 rings (SSSR count). The zero-order valence-electron chi connectivity index (χ0n) is 17.5. The Morgan fingerprint density at radius 1 is 1.00 bits per heavy atom. The lowest BCUT2D eigenvalue weighted by molar-refractivity contribution is 0.274. The van der Waals surface area contributed by atoms with Crippen molar-refractivity contribution in [2.75, 3.05) is 32.1 Å². The minimum absolute atomic E-state index is 0.170. The average Bonchev–Trinajstić information content (AvgIpc) is 3.51. The number of likely N-dealkylation sites (tertiary alicyclic amines) is 1. The van der Waals surface area contributed by atoms with E-state index in [0.717, 1.165) is 18.0 Å². The second kappa shape index (κ2) is 8.24. The lowest BCUT2D eigenvalue weighted by Crippen LogP contribution is -2.25. The first-order valence-corrected chi connectivity index (χ1v) is 10.8. The van der Waals surface area contributed by atoms with Crippen molar-refractivity contribution in [3.8, 4) is 11.1 Å². The molecule has 2 aliphatic rings. The van der Waals surface area contributed by atoms with Crippen LogP contribution in [-0.2, 0) is 6.54 Å². The highest BCUT2D eigenvalue weighted by Gasteiger charge is 2.28. The molecule has 0 spiro atoms. The van der Waals surface area contributed by atoms with Gasteiger partial charge in [0, 0.05) is 26.3 Å². The molecule has 0 amide bonds. The lowest BCUT2D eigenvalue weighted by Gasteiger charge is -2.26. The molecule has 0 aromatic heterocycles. The highest BCUT2D eigenvalue weighted by atomic mass is 19.1. The van der Waals surface area contributed by atoms with Crippen LogP contribution in [0, 0.1) is 11.7 Å². The summed E-state index contributed by atoms with van der Waals surface area (Å²) in [5, 5.41) is 0. The number of hydrogen-bond acceptors (Lipinski definition) is 2. The van der Waals surface area contributed by atoms with E-state index in [1.54, 1.807) is 12.1 Å². The van der Waals surface area contributed by atoms with Gasteiger partial charge in [0.05, 0.1) is 0 Å². The molecule has 28 heavy (non-hydrogen) atoms. The summed E-state index contributed by atoms with van der Waals surface area (Å²) < 4.78 is 13.5. The van der Waals surface area contributed by atoms with Gasteiger partial charge in [-0.1, -0.05) is 25.1 Å². The number of benzene rings is 2. The van der Waals surface area contributed by atoms with Crippen molar-refractivity contribution in [2.24, 2.45) is 5.92 Å². The molecule has 1 aliphatic carbocycles. The molecule has 1 unspecified atom stereocenters. The van der Waals surface area contributed by atoms with Crippen molar-refractivity contribution in [1.29, 1.82) is 0 Å². The van der Waals surface area contributed by atoms with E-state index in [0.29, 0.717) is 5.92 Å². The van der Waals surface area contributed by atoms with E-state index in [-0.39, 0.29) is 5.82 Å². The maximum atomic E-state index is 13.5. The van der Waals surface area contributed by atoms with Gasteiger partial charge in [0.15, 0.2) is 0 Å². The van der Waals surface area contributed by atoms with Crippen molar-refractivity contribution in [3.05, 3.63) is 53.3 Å². The Morgan fingerprint density at radius 2 is 1.75 bits per heavy atom. The Kier molecular flexibility index (Phi) is 5.73. The zero-order valence-corrected chi connectivity index (χ0v) is 17.5. The minimum Gasteiger partial charge on any atom is -0.377 e. The molecule has 150 valence electrons. The Balaban J connectivity index is 1.70. The summed E-state index contributed by atoms with van der Waals surface area (Å²) in [6, 6.07) is 11.8. The van der Waals surface area contributed by atoms with E-state index in [1.807, 2.05) is 12.1 Å². The van der Waals surface area contributed by atoms with Crippen molar-refractivity contribution in [3.63, 3.8) is 0 Å². The summed E-state index contributed by atoms with van der Waals surface area (Å²) in [7, 11) is 4.27. The van der Waals surface area contributed by atoms with E-state index in [9.17, 15) is 4.39 Å². The number of rotatable bonds is 5. The number of nitrogens with zero attached hydrogens (tertiary/aromatic N) is 2. The van der Waals surface area contributed by atoms with Crippen molar-refractivity contribution < 1.29 is 4.39 Å². The van der Waals surface area contributed by atoms with E-state index in [4.69, 9.17) is 0 Å². The first kappa shape index (κ1) is 19.4. The Hall–Kier alpha value is -1.87. The monoisotopic (exact) mass is 380 g/mol. The Bertz CT molecular complexity index is 808. The highest BCUT2D eigenvalue weighted by Crippen LogP contribution is 2.46. The third-order valence-corrected chi connectivity index (χ3v) is 6.41. The summed E-state index contributed by atoms with van der Waals surface area (Å²) in [6.07, 6.45) is 6.52. The normalized spacial score (nSPS) is 20.8. The van der Waals surface area contributed by atoms with Crippen LogP contribution in [0.5, 0.6) is 0 Å². The molecule has 0 bridgehead atoms. The van der Waals surface area contributed by atoms with Crippen LogP contribution < -0.4 is 4.90 Å². The standard InChI is InChI=1S/C25H33FN2/c1-18-5-4-13-28(14-12-18)17-21-15-23(19-6-7-19)24(16-25(21)27(2)3)20-8-10-22(26)11-9-20/h8-11,15-16,18-19H,4-7,12-14,17H2,1-3H3. The first-order chi connectivity index (χ1) is 13.5. The Labute approximate surface area is 169 Å². The van der Waals surface area contributed by atoms with Gasteiger partial charge in [-0.2, -0.15) is 0 Å². The summed E-state index contributed by atoms with van der Waals surface area (Å²) in [4.78, 5) is 4.87. The highest BCUT2D eigenvalue weighted by molar-refractivity contribution is 5.75. The molecule has 0 radical (unpaired) electrons. The van der Waals surface area contributed by atoms with Gasteiger partial charge >= 0.3 is 0 Å². The second-order valence-electron chi connectivity index (χ2n) is 9.06. The van der Waals surface area contributed by atoms with Crippen molar-refractivity contribution in [1.82, 2.24) is 4.90 Å². The average molecular weight is 381 g/mol. The molecule has 1 atom stereocenters. The molecule has 1 saturated heterocycles. The molecule has 2 fully saturated rings. The topological polar surface area (TPSA) is 6.48 Å². The molecular formula is C25H33FN2. The molecule has 1 saturated carbocycles. The zero-order chi connectivity index (χ0) is 19.7. The van der Waals surface area contributed by atoms with Gasteiger partial charge in [0.1, 0.15) is 5.82 Å². The van der Waals surface area contributed by atoms with Crippen LogP contribution in [0.25, 0.3) is 11.1 Å². The fourth-order valence-corrected chi connectivity index (χ4v) is 4.53. The predicted octanol–water partition coefficient (Wildman–Crippen LogP) is 6.06. The molecule has 2 aromatic carbocycles. The van der Waals surface area contributed by atoms with Crippen molar-refractivity contribution in [2.45, 2.75) is 51.5 Å². The molecule has 1 heterocycles. The van der Waals surface area contributed by atoms with Crippen LogP contribution in [0.4, 0.5) is 10.1 Å². The van der Waals surface area contributed by atoms with E-state index >= 15 is 0 Å². The van der Waals surface area contributed by atoms with Gasteiger partial charge in [-0.15, -0.1) is 0 Å². The second-order valence-corrected chi connectivity index (χ2v) is 9.06. The molecule has 2 nitrogen and oxygen atoms in total. The van der Waals surface area contributed by atoms with Gasteiger partial charge in [-0.3, -0.25) is 4.90 Å². The summed E-state index contributed by atoms with van der Waals surface area (Å²) in [6.45, 7) is 5.82. The van der Waals surface area contributed by atoms with Crippen LogP contribution >= 0.6 is 0 Å². The third-order valence-electron chi connectivity index (χ3n) is 6.41. The molecular weight excluding hydrogens is 347 g/mol. The maximum absolute atomic E-state index is 13.5. The Morgan fingerprint density at radius 3 is 2.43 bits per heavy atom. The van der Waals surface area contributed by atoms with Crippen LogP contribution in [0.15, 0.2) is 36.4 Å². The fourth-order valence-electron chi connectivity index (χ4n) is 4.53. The lowest BCUT2D eigenvalue weighted by atomic mass is 9.93. The predicted molar refractivity (Wildman–Crippen MR) is 116 cm³/mol. The number of anilines is 1. The molecule has 0 N–H and O–H groups in total. The van der Waals surface area contributed by atoms with Crippen molar-refractivity contribution >= 4 is 5.69 Å². The van der Waals surface area contributed by atoms with Crippen LogP contribution in [0.3, 0.4) is 0 Å². The van der Waals surface area contributed by atoms with Gasteiger partial charge in [0.25, 0.3) is 0 Å². The van der Waals surface area contributed by atoms with E-state index < -0.39 is 0 Å². The van der Waals surface area contributed by atoms with Crippen LogP contribution in [-0.4, -0.2) is 32.1 Å².